The Morgan fingerprint density at radius 2 is 1.77 bits per heavy atom. The second kappa shape index (κ2) is 10.2. The molecule has 0 spiro atoms. The summed E-state index contributed by atoms with van der Waals surface area (Å²) in [5.74, 6) is 1.12. The first-order valence-electron chi connectivity index (χ1n) is 11.1. The fourth-order valence-electron chi connectivity index (χ4n) is 3.83. The fourth-order valence-corrected chi connectivity index (χ4v) is 3.83. The van der Waals surface area contributed by atoms with Crippen LogP contribution < -0.4 is 14.2 Å². The van der Waals surface area contributed by atoms with Gasteiger partial charge < -0.3 is 23.6 Å². The van der Waals surface area contributed by atoms with E-state index in [-0.39, 0.29) is 29.8 Å². The molecule has 0 saturated carbocycles. The van der Waals surface area contributed by atoms with Crippen LogP contribution in [0, 0.1) is 0 Å². The van der Waals surface area contributed by atoms with Gasteiger partial charge in [-0.1, -0.05) is 11.2 Å². The molecule has 1 amide bonds. The van der Waals surface area contributed by atoms with Gasteiger partial charge in [0.25, 0.3) is 0 Å². The second-order valence-corrected chi connectivity index (χ2v) is 7.85. The molecule has 2 aromatic carbocycles. The Hall–Kier alpha value is -3.76. The minimum Gasteiger partial charge on any atom is -0.490 e. The Morgan fingerprint density at radius 1 is 1.06 bits per heavy atom. The maximum Gasteiger partial charge on any atom is 0.573 e. The molecule has 4 rings (SSSR count). The Balaban J connectivity index is 1.42. The van der Waals surface area contributed by atoms with E-state index in [4.69, 9.17) is 14.0 Å². The van der Waals surface area contributed by atoms with Crippen LogP contribution in [0.25, 0.3) is 11.4 Å². The summed E-state index contributed by atoms with van der Waals surface area (Å²) in [6.45, 7) is 5.59. The maximum absolute atomic E-state index is 12.6. The van der Waals surface area contributed by atoms with Gasteiger partial charge in [-0.05, 0) is 55.8 Å². The summed E-state index contributed by atoms with van der Waals surface area (Å²) in [6.07, 6.45) is -4.55. The lowest BCUT2D eigenvalue weighted by Gasteiger charge is -2.18. The number of ether oxygens (including phenoxy) is 3. The summed E-state index contributed by atoms with van der Waals surface area (Å²) >= 11 is 0. The first-order chi connectivity index (χ1) is 16.8. The van der Waals surface area contributed by atoms with Gasteiger partial charge in [0.1, 0.15) is 5.75 Å². The number of nitrogens with zero attached hydrogens (tertiary/aromatic N) is 3. The predicted octanol–water partition coefficient (Wildman–Crippen LogP) is 4.95. The first kappa shape index (κ1) is 24.4. The fraction of sp³-hybridized carbons (Fsp3) is 0.375. The quantitative estimate of drug-likeness (QED) is 0.419. The number of aromatic nitrogens is 2. The number of likely N-dealkylation sites (tertiary alicyclic amines) is 1. The van der Waals surface area contributed by atoms with Crippen LogP contribution in [0.3, 0.4) is 0 Å². The van der Waals surface area contributed by atoms with E-state index in [0.29, 0.717) is 49.3 Å². The number of benzene rings is 2. The average molecular weight is 491 g/mol. The van der Waals surface area contributed by atoms with Gasteiger partial charge in [0.05, 0.1) is 19.1 Å². The zero-order valence-electron chi connectivity index (χ0n) is 19.2. The molecule has 8 nitrogen and oxygen atoms in total. The number of carbonyl (C=O) groups is 1. The summed E-state index contributed by atoms with van der Waals surface area (Å²) in [6, 6.07) is 10.8. The van der Waals surface area contributed by atoms with E-state index >= 15 is 0 Å². The van der Waals surface area contributed by atoms with Gasteiger partial charge in [-0.2, -0.15) is 4.98 Å². The molecule has 3 aromatic rings. The van der Waals surface area contributed by atoms with Crippen molar-refractivity contribution in [3.63, 3.8) is 0 Å². The highest BCUT2D eigenvalue weighted by Crippen LogP contribution is 2.33. The van der Waals surface area contributed by atoms with Crippen LogP contribution in [0.2, 0.25) is 0 Å². The minimum absolute atomic E-state index is 0.0461. The molecule has 0 radical (unpaired) electrons. The Bertz CT molecular complexity index is 1160. The van der Waals surface area contributed by atoms with E-state index in [1.54, 1.807) is 4.90 Å². The summed E-state index contributed by atoms with van der Waals surface area (Å²) in [5, 5.41) is 3.92. The van der Waals surface area contributed by atoms with Crippen molar-refractivity contribution in [3.05, 3.63) is 53.9 Å². The second-order valence-electron chi connectivity index (χ2n) is 7.85. The van der Waals surface area contributed by atoms with E-state index in [1.165, 1.54) is 24.3 Å². The molecule has 11 heteroatoms. The van der Waals surface area contributed by atoms with Crippen LogP contribution in [0.5, 0.6) is 17.2 Å². The lowest BCUT2D eigenvalue weighted by atomic mass is 10.1. The molecule has 1 atom stereocenters. The summed E-state index contributed by atoms with van der Waals surface area (Å²) in [5.41, 5.74) is 1.37. The lowest BCUT2D eigenvalue weighted by Crippen LogP contribution is -2.24. The summed E-state index contributed by atoms with van der Waals surface area (Å²) in [4.78, 5) is 18.7. The minimum atomic E-state index is -4.77. The number of amides is 1. The lowest BCUT2D eigenvalue weighted by molar-refractivity contribution is -0.274. The van der Waals surface area contributed by atoms with Crippen molar-refractivity contribution >= 4 is 5.91 Å². The highest BCUT2D eigenvalue weighted by atomic mass is 19.4. The summed E-state index contributed by atoms with van der Waals surface area (Å²) in [7, 11) is 0. The van der Waals surface area contributed by atoms with E-state index in [1.807, 2.05) is 32.0 Å². The van der Waals surface area contributed by atoms with Crippen molar-refractivity contribution in [3.8, 4) is 28.6 Å². The van der Waals surface area contributed by atoms with Crippen LogP contribution in [-0.4, -0.2) is 47.1 Å². The molecule has 1 aliphatic rings. The third kappa shape index (κ3) is 6.03. The van der Waals surface area contributed by atoms with Crippen molar-refractivity contribution in [2.24, 2.45) is 0 Å². The zero-order chi connectivity index (χ0) is 25.0. The normalized spacial score (nSPS) is 16.0. The first-order valence-corrected chi connectivity index (χ1v) is 11.1. The molecule has 186 valence electrons. The number of alkyl halides is 3. The Morgan fingerprint density at radius 3 is 2.46 bits per heavy atom. The molecule has 1 aromatic heterocycles. The number of hydrogen-bond acceptors (Lipinski definition) is 7. The van der Waals surface area contributed by atoms with Crippen molar-refractivity contribution in [2.45, 2.75) is 39.1 Å². The van der Waals surface area contributed by atoms with E-state index in [9.17, 15) is 18.0 Å². The van der Waals surface area contributed by atoms with Gasteiger partial charge in [0.15, 0.2) is 11.5 Å². The molecular formula is C24H24F3N3O5. The average Bonchev–Trinajstić information content (AvgIpc) is 3.43. The van der Waals surface area contributed by atoms with Crippen LogP contribution in [0.4, 0.5) is 13.2 Å². The smallest absolute Gasteiger partial charge is 0.490 e. The molecule has 0 aliphatic carbocycles. The largest absolute Gasteiger partial charge is 0.573 e. The van der Waals surface area contributed by atoms with Crippen molar-refractivity contribution in [1.82, 2.24) is 15.0 Å². The molecule has 1 fully saturated rings. The molecule has 0 N–H and O–H groups in total. The van der Waals surface area contributed by atoms with Gasteiger partial charge in [-0.3, -0.25) is 4.79 Å². The third-order valence-electron chi connectivity index (χ3n) is 5.33. The van der Waals surface area contributed by atoms with Gasteiger partial charge in [-0.25, -0.2) is 0 Å². The van der Waals surface area contributed by atoms with E-state index in [0.717, 1.165) is 5.56 Å². The van der Waals surface area contributed by atoms with Gasteiger partial charge in [-0.15, -0.1) is 13.2 Å². The monoisotopic (exact) mass is 491 g/mol. The maximum atomic E-state index is 12.6. The SMILES string of the molecule is CCOc1ccc(CN2CC(c3nc(-c4ccc(OC(F)(F)F)cc4)no3)CC2=O)cc1OCC. The number of carbonyl (C=O) groups excluding carboxylic acids is 1. The van der Waals surface area contributed by atoms with E-state index in [2.05, 4.69) is 14.9 Å². The standard InChI is InChI=1S/C24H24F3N3O5/c1-3-32-19-10-5-15(11-20(19)33-4-2)13-30-14-17(12-21(30)31)23-28-22(29-35-23)16-6-8-18(9-7-16)34-24(25,26)27/h5-11,17H,3-4,12-14H2,1-2H3. The van der Waals surface area contributed by atoms with Crippen LogP contribution in [0.15, 0.2) is 47.0 Å². The van der Waals surface area contributed by atoms with Crippen LogP contribution in [0.1, 0.15) is 37.6 Å². The topological polar surface area (TPSA) is 86.9 Å². The van der Waals surface area contributed by atoms with Gasteiger partial charge in [0, 0.05) is 25.1 Å². The Kier molecular flexibility index (Phi) is 7.13. The molecule has 1 saturated heterocycles. The highest BCUT2D eigenvalue weighted by Gasteiger charge is 2.34. The van der Waals surface area contributed by atoms with Crippen molar-refractivity contribution < 1.29 is 36.7 Å². The number of hydrogen-bond donors (Lipinski definition) is 0. The number of halogens is 3. The van der Waals surface area contributed by atoms with Crippen molar-refractivity contribution in [1.29, 1.82) is 0 Å². The highest BCUT2D eigenvalue weighted by molar-refractivity contribution is 5.79. The van der Waals surface area contributed by atoms with Gasteiger partial charge in [0.2, 0.25) is 17.6 Å². The molecule has 1 unspecified atom stereocenters. The van der Waals surface area contributed by atoms with E-state index < -0.39 is 6.36 Å². The Labute approximate surface area is 199 Å². The molecular weight excluding hydrogens is 467 g/mol. The molecule has 1 aliphatic heterocycles. The van der Waals surface area contributed by atoms with Gasteiger partial charge >= 0.3 is 6.36 Å². The number of rotatable bonds is 9. The third-order valence-corrected chi connectivity index (χ3v) is 5.33. The predicted molar refractivity (Wildman–Crippen MR) is 118 cm³/mol. The molecule has 0 bridgehead atoms. The van der Waals surface area contributed by atoms with Crippen molar-refractivity contribution in [2.75, 3.05) is 19.8 Å². The van der Waals surface area contributed by atoms with Crippen LogP contribution in [-0.2, 0) is 11.3 Å². The van der Waals surface area contributed by atoms with Crippen LogP contribution >= 0.6 is 0 Å². The molecule has 2 heterocycles. The summed E-state index contributed by atoms with van der Waals surface area (Å²) < 4.78 is 57.5. The zero-order valence-corrected chi connectivity index (χ0v) is 19.2. The molecule has 35 heavy (non-hydrogen) atoms.